The molecule has 0 spiro atoms. The number of hydrogen-bond acceptors (Lipinski definition) is 3. The maximum atomic E-state index is 5.72. The number of benzene rings is 1. The predicted molar refractivity (Wildman–Crippen MR) is 58.9 cm³/mol. The van der Waals surface area contributed by atoms with Crippen molar-refractivity contribution in [3.8, 4) is 5.75 Å². The third kappa shape index (κ3) is 1.85. The molecule has 0 bridgehead atoms. The molecule has 1 aromatic rings. The average Bonchev–Trinajstić information content (AvgIpc) is 2.24. The van der Waals surface area contributed by atoms with Crippen LogP contribution in [0.2, 0.25) is 0 Å². The van der Waals surface area contributed by atoms with Crippen molar-refractivity contribution in [2.75, 3.05) is 13.7 Å². The highest BCUT2D eigenvalue weighted by Gasteiger charge is 2.24. The van der Waals surface area contributed by atoms with E-state index in [1.54, 1.807) is 7.11 Å². The van der Waals surface area contributed by atoms with Gasteiger partial charge in [0.2, 0.25) is 0 Å². The van der Waals surface area contributed by atoms with Gasteiger partial charge in [-0.1, -0.05) is 12.1 Å². The van der Waals surface area contributed by atoms with E-state index in [0.717, 1.165) is 18.8 Å². The molecule has 1 N–H and O–H groups in total. The second-order valence-electron chi connectivity index (χ2n) is 3.95. The minimum absolute atomic E-state index is 0.249. The molecule has 1 aromatic carbocycles. The molecule has 15 heavy (non-hydrogen) atoms. The Bertz CT molecular complexity index is 363. The monoisotopic (exact) mass is 207 g/mol. The number of fused-ring (bicyclic) bond motifs is 1. The van der Waals surface area contributed by atoms with E-state index in [1.807, 2.05) is 0 Å². The number of hydrogen-bond donors (Lipinski definition) is 1. The molecule has 0 saturated carbocycles. The number of nitrogens with one attached hydrogen (secondary N) is 1. The van der Waals surface area contributed by atoms with Crippen molar-refractivity contribution in [1.82, 2.24) is 5.48 Å². The Morgan fingerprint density at radius 1 is 1.33 bits per heavy atom. The maximum Gasteiger partial charge on any atom is 0.127 e. The van der Waals surface area contributed by atoms with Gasteiger partial charge >= 0.3 is 0 Å². The van der Waals surface area contributed by atoms with Crippen molar-refractivity contribution >= 4 is 0 Å². The highest BCUT2D eigenvalue weighted by Crippen LogP contribution is 2.36. The molecule has 1 aliphatic heterocycles. The first kappa shape index (κ1) is 10.5. The molecular weight excluding hydrogens is 190 g/mol. The Morgan fingerprint density at radius 3 is 2.80 bits per heavy atom. The van der Waals surface area contributed by atoms with Crippen LogP contribution in [0.3, 0.4) is 0 Å². The van der Waals surface area contributed by atoms with Gasteiger partial charge in [-0.3, -0.25) is 0 Å². The van der Waals surface area contributed by atoms with Gasteiger partial charge in [0.25, 0.3) is 0 Å². The largest absolute Gasteiger partial charge is 0.493 e. The maximum absolute atomic E-state index is 5.72. The lowest BCUT2D eigenvalue weighted by Crippen LogP contribution is -2.27. The lowest BCUT2D eigenvalue weighted by Gasteiger charge is -2.28. The van der Waals surface area contributed by atoms with E-state index in [0.29, 0.717) is 0 Å². The van der Waals surface area contributed by atoms with Gasteiger partial charge in [-0.05, 0) is 25.0 Å². The molecule has 0 saturated heterocycles. The molecule has 1 heterocycles. The van der Waals surface area contributed by atoms with Crippen molar-refractivity contribution in [1.29, 1.82) is 0 Å². The fraction of sp³-hybridized carbons (Fsp3) is 0.500. The summed E-state index contributed by atoms with van der Waals surface area (Å²) in [5.41, 5.74) is 6.71. The summed E-state index contributed by atoms with van der Waals surface area (Å²) >= 11 is 0. The van der Waals surface area contributed by atoms with E-state index in [2.05, 4.69) is 31.5 Å². The summed E-state index contributed by atoms with van der Waals surface area (Å²) in [6.45, 7) is 4.93. The van der Waals surface area contributed by atoms with Crippen LogP contribution >= 0.6 is 0 Å². The topological polar surface area (TPSA) is 30.5 Å². The smallest absolute Gasteiger partial charge is 0.127 e. The Morgan fingerprint density at radius 2 is 2.07 bits per heavy atom. The van der Waals surface area contributed by atoms with Crippen LogP contribution < -0.4 is 10.2 Å². The third-order valence-corrected chi connectivity index (χ3v) is 2.87. The van der Waals surface area contributed by atoms with E-state index < -0.39 is 0 Å². The summed E-state index contributed by atoms with van der Waals surface area (Å²) in [6.07, 6.45) is 0.950. The summed E-state index contributed by atoms with van der Waals surface area (Å²) in [5, 5.41) is 0. The molecule has 0 radical (unpaired) electrons. The van der Waals surface area contributed by atoms with Gasteiger partial charge in [-0.25, -0.2) is 0 Å². The SMILES string of the molecule is CONC1CCOc2c(C)ccc(C)c21. The molecule has 1 unspecified atom stereocenters. The van der Waals surface area contributed by atoms with Crippen LogP contribution in [0.4, 0.5) is 0 Å². The molecule has 0 aliphatic carbocycles. The molecule has 1 aliphatic rings. The molecule has 0 aromatic heterocycles. The van der Waals surface area contributed by atoms with Gasteiger partial charge in [0.05, 0.1) is 19.8 Å². The van der Waals surface area contributed by atoms with Gasteiger partial charge in [-0.15, -0.1) is 0 Å². The Hall–Kier alpha value is -1.06. The highest BCUT2D eigenvalue weighted by atomic mass is 16.6. The molecule has 82 valence electrons. The Kier molecular flexibility index (Phi) is 2.93. The second kappa shape index (κ2) is 4.21. The first-order valence-corrected chi connectivity index (χ1v) is 5.25. The van der Waals surface area contributed by atoms with Crippen LogP contribution in [-0.2, 0) is 4.84 Å². The quantitative estimate of drug-likeness (QED) is 0.755. The number of hydroxylamine groups is 1. The van der Waals surface area contributed by atoms with Crippen LogP contribution in [-0.4, -0.2) is 13.7 Å². The lowest BCUT2D eigenvalue weighted by atomic mass is 9.94. The van der Waals surface area contributed by atoms with Crippen molar-refractivity contribution in [2.45, 2.75) is 26.3 Å². The molecule has 3 heteroatoms. The zero-order valence-corrected chi connectivity index (χ0v) is 9.46. The minimum atomic E-state index is 0.249. The van der Waals surface area contributed by atoms with E-state index in [-0.39, 0.29) is 6.04 Å². The summed E-state index contributed by atoms with van der Waals surface area (Å²) in [4.78, 5) is 5.03. The Labute approximate surface area is 90.3 Å². The van der Waals surface area contributed by atoms with Crippen molar-refractivity contribution in [3.05, 3.63) is 28.8 Å². The normalized spacial score (nSPS) is 19.5. The van der Waals surface area contributed by atoms with Gasteiger partial charge < -0.3 is 9.57 Å². The van der Waals surface area contributed by atoms with Crippen LogP contribution in [0.1, 0.15) is 29.2 Å². The van der Waals surface area contributed by atoms with Gasteiger partial charge in [-0.2, -0.15) is 5.48 Å². The highest BCUT2D eigenvalue weighted by molar-refractivity contribution is 5.48. The minimum Gasteiger partial charge on any atom is -0.493 e. The zero-order valence-electron chi connectivity index (χ0n) is 9.46. The number of aryl methyl sites for hydroxylation is 2. The molecule has 0 amide bonds. The van der Waals surface area contributed by atoms with Crippen molar-refractivity contribution in [2.24, 2.45) is 0 Å². The van der Waals surface area contributed by atoms with Crippen LogP contribution in [0.15, 0.2) is 12.1 Å². The van der Waals surface area contributed by atoms with Crippen molar-refractivity contribution in [3.63, 3.8) is 0 Å². The van der Waals surface area contributed by atoms with E-state index >= 15 is 0 Å². The van der Waals surface area contributed by atoms with E-state index in [4.69, 9.17) is 9.57 Å². The Balaban J connectivity index is 2.45. The summed E-state index contributed by atoms with van der Waals surface area (Å²) in [5.74, 6) is 1.02. The van der Waals surface area contributed by atoms with Gasteiger partial charge in [0, 0.05) is 12.0 Å². The fourth-order valence-electron chi connectivity index (χ4n) is 2.11. The molecule has 0 fully saturated rings. The number of ether oxygens (including phenoxy) is 1. The van der Waals surface area contributed by atoms with E-state index in [9.17, 15) is 0 Å². The number of rotatable bonds is 2. The van der Waals surface area contributed by atoms with Crippen molar-refractivity contribution < 1.29 is 9.57 Å². The van der Waals surface area contributed by atoms with Gasteiger partial charge in [0.1, 0.15) is 5.75 Å². The average molecular weight is 207 g/mol. The molecule has 2 rings (SSSR count). The zero-order chi connectivity index (χ0) is 10.8. The summed E-state index contributed by atoms with van der Waals surface area (Å²) < 4.78 is 5.72. The van der Waals surface area contributed by atoms with Gasteiger partial charge in [0.15, 0.2) is 0 Å². The van der Waals surface area contributed by atoms with Crippen LogP contribution in [0.25, 0.3) is 0 Å². The van der Waals surface area contributed by atoms with Crippen LogP contribution in [0.5, 0.6) is 5.75 Å². The first-order chi connectivity index (χ1) is 7.24. The molecular formula is C12H17NO2. The fourth-order valence-corrected chi connectivity index (χ4v) is 2.11. The summed E-state index contributed by atoms with van der Waals surface area (Å²) in [6, 6.07) is 4.48. The van der Waals surface area contributed by atoms with Crippen LogP contribution in [0, 0.1) is 13.8 Å². The second-order valence-corrected chi connectivity index (χ2v) is 3.95. The molecule has 1 atom stereocenters. The summed E-state index contributed by atoms with van der Waals surface area (Å²) in [7, 11) is 1.65. The molecule has 3 nitrogen and oxygen atoms in total. The lowest BCUT2D eigenvalue weighted by molar-refractivity contribution is 0.0459. The third-order valence-electron chi connectivity index (χ3n) is 2.87. The standard InChI is InChI=1S/C12H17NO2/c1-8-4-5-9(2)12-11(8)10(13-14-3)6-7-15-12/h4-5,10,13H,6-7H2,1-3H3. The predicted octanol–water partition coefficient (Wildman–Crippen LogP) is 2.28. The van der Waals surface area contributed by atoms with E-state index in [1.165, 1.54) is 16.7 Å². The first-order valence-electron chi connectivity index (χ1n) is 5.25.